The Hall–Kier alpha value is -12.6. The third-order valence-corrected chi connectivity index (χ3v) is 17.4. The van der Waals surface area contributed by atoms with Crippen molar-refractivity contribution in [2.24, 2.45) is 0 Å². The van der Waals surface area contributed by atoms with Crippen molar-refractivity contribution in [1.29, 1.82) is 0 Å². The minimum absolute atomic E-state index is 0.979. The van der Waals surface area contributed by atoms with Crippen molar-refractivity contribution in [3.05, 3.63) is 359 Å². The molecule has 0 amide bonds. The molecule has 0 bridgehead atoms. The van der Waals surface area contributed by atoms with E-state index in [4.69, 9.17) is 15.3 Å². The van der Waals surface area contributed by atoms with E-state index in [0.29, 0.717) is 0 Å². The molecule has 11 aromatic carbocycles. The molecule has 18 aromatic rings. The van der Waals surface area contributed by atoms with Crippen LogP contribution < -0.4 is 0 Å². The van der Waals surface area contributed by atoms with E-state index in [1.54, 1.807) is 0 Å². The van der Waals surface area contributed by atoms with Crippen molar-refractivity contribution < 1.29 is 0 Å². The van der Waals surface area contributed by atoms with E-state index < -0.39 is 0 Å². The highest BCUT2D eigenvalue weighted by Crippen LogP contribution is 2.34. The van der Waals surface area contributed by atoms with Gasteiger partial charge in [0.1, 0.15) is 0 Å². The summed E-state index contributed by atoms with van der Waals surface area (Å²) >= 11 is 0. The molecule has 7 heterocycles. The lowest BCUT2D eigenvalue weighted by Gasteiger charge is -2.07. The highest BCUT2D eigenvalue weighted by atomic mass is 15.2. The average Bonchev–Trinajstić information content (AvgIpc) is 1.81. The fourth-order valence-corrected chi connectivity index (χ4v) is 12.4. The van der Waals surface area contributed by atoms with Gasteiger partial charge in [0.15, 0.2) is 0 Å². The summed E-state index contributed by atoms with van der Waals surface area (Å²) in [6.07, 6.45) is 9.94. The maximum absolute atomic E-state index is 4.81. The molecule has 0 aliphatic carbocycles. The average molecular weight is 1190 g/mol. The molecular weight excluding hydrogens is 1130 g/mol. The van der Waals surface area contributed by atoms with Crippen LogP contribution >= 0.6 is 0 Å². The molecule has 18 rings (SSSR count). The number of hydrogen-bond donors (Lipinski definition) is 0. The first-order chi connectivity index (χ1) is 46.0. The molecule has 0 saturated heterocycles. The summed E-state index contributed by atoms with van der Waals surface area (Å²) in [5.74, 6) is 0. The summed E-state index contributed by atoms with van der Waals surface area (Å²) < 4.78 is 5.90. The summed E-state index contributed by atoms with van der Waals surface area (Å²) in [7, 11) is 0. The lowest BCUT2D eigenvalue weighted by atomic mass is 9.98. The molecule has 0 atom stereocenters. The Balaban J connectivity index is 0.000000111. The first-order valence-corrected chi connectivity index (χ1v) is 31.3. The van der Waals surface area contributed by atoms with Gasteiger partial charge in [-0.1, -0.05) is 267 Å². The second-order valence-electron chi connectivity index (χ2n) is 23.3. The molecule has 0 spiro atoms. The molecule has 0 N–H and O–H groups in total. The first-order valence-electron chi connectivity index (χ1n) is 31.3. The van der Waals surface area contributed by atoms with Crippen molar-refractivity contribution in [2.45, 2.75) is 0 Å². The van der Waals surface area contributed by atoms with Crippen LogP contribution in [-0.2, 0) is 0 Å². The van der Waals surface area contributed by atoms with Gasteiger partial charge in [-0.25, -0.2) is 13.5 Å². The molecule has 0 radical (unpaired) electrons. The van der Waals surface area contributed by atoms with Crippen LogP contribution in [-0.4, -0.2) is 33.8 Å². The van der Waals surface area contributed by atoms with Gasteiger partial charge in [-0.05, 0) is 144 Å². The number of hydrogen-bond acceptors (Lipinski definition) is 4. The second-order valence-corrected chi connectivity index (χ2v) is 23.3. The maximum atomic E-state index is 4.81. The molecule has 0 unspecified atom stereocenters. The highest BCUT2D eigenvalue weighted by Gasteiger charge is 2.12. The summed E-state index contributed by atoms with van der Waals surface area (Å²) in [6.45, 7) is 0. The number of pyridine rings is 4. The van der Waals surface area contributed by atoms with Gasteiger partial charge < -0.3 is 0 Å². The molecular formula is C86H59N7. The maximum Gasteiger partial charge on any atom is 0.0933 e. The zero-order valence-corrected chi connectivity index (χ0v) is 50.7. The first kappa shape index (κ1) is 55.7. The zero-order chi connectivity index (χ0) is 61.9. The van der Waals surface area contributed by atoms with Crippen LogP contribution in [0.25, 0.3) is 149 Å². The quantitative estimate of drug-likeness (QED) is 0.144. The van der Waals surface area contributed by atoms with Crippen molar-refractivity contribution in [3.63, 3.8) is 0 Å². The van der Waals surface area contributed by atoms with Crippen LogP contribution in [0, 0.1) is 0 Å². The molecule has 0 aliphatic rings. The van der Waals surface area contributed by atoms with Gasteiger partial charge in [0.2, 0.25) is 0 Å². The molecule has 0 aliphatic heterocycles. The van der Waals surface area contributed by atoms with Gasteiger partial charge in [-0.3, -0.25) is 4.98 Å². The smallest absolute Gasteiger partial charge is 0.0933 e. The minimum Gasteiger partial charge on any atom is -0.265 e. The van der Waals surface area contributed by atoms with Crippen LogP contribution in [0.3, 0.4) is 0 Å². The molecule has 0 saturated carbocycles. The van der Waals surface area contributed by atoms with Gasteiger partial charge in [0.25, 0.3) is 0 Å². The molecule has 0 fully saturated rings. The van der Waals surface area contributed by atoms with Crippen molar-refractivity contribution >= 4 is 48.9 Å². The molecule has 7 aromatic heterocycles. The molecule has 7 heteroatoms. The Labute approximate surface area is 538 Å². The third-order valence-electron chi connectivity index (χ3n) is 17.4. The van der Waals surface area contributed by atoms with Crippen molar-refractivity contribution in [2.75, 3.05) is 0 Å². The monoisotopic (exact) mass is 1190 g/mol. The van der Waals surface area contributed by atoms with Crippen LogP contribution in [0.15, 0.2) is 359 Å². The SMILES string of the molecule is c1cc(-c2ccncc2)cc(-c2ccc(-c3cc4cc5ccccc5cn4n3)cc2)c1.c1ccc(-c2ccc(-c3ccc(-c4cc5cc6ccccc6cn5n4)cc3)cc2)cc1.c1ccc(-c2cccc(-c3ccc(-c4cc5cc6ccccc6cn5n4)cc3)c2)cc1. The molecule has 438 valence electrons. The number of benzene rings is 11. The third kappa shape index (κ3) is 11.9. The standard InChI is InChI=1S/2C29H20N2.C28H19N3/c1-2-7-21(8-3-1)24-11-6-12-25(17-24)22-13-15-23(16-14-22)29-19-28-18-26-9-4-5-10-27(26)20-31(28)30-29;1-2-6-21(7-3-1)22-10-12-23(13-11-22)24-14-16-25(17-15-24)29-19-28-18-26-8-4-5-9-27(26)20-31(28)30-29;1-2-5-26-19-31-27(17-25(26)4-1)18-28(30-31)22-10-8-20(9-11-22)23-6-3-7-24(16-23)21-12-14-29-15-13-21/h2*1-20H;1-19H. The van der Waals surface area contributed by atoms with Crippen molar-refractivity contribution in [1.82, 2.24) is 33.8 Å². The van der Waals surface area contributed by atoms with E-state index in [1.165, 1.54) is 99.1 Å². The number of rotatable bonds is 9. The summed E-state index contributed by atoms with van der Waals surface area (Å²) in [5.41, 5.74) is 24.2. The highest BCUT2D eigenvalue weighted by molar-refractivity contribution is 5.89. The summed E-state index contributed by atoms with van der Waals surface area (Å²) in [6, 6.07) is 115. The van der Waals surface area contributed by atoms with E-state index in [1.807, 2.05) is 50.2 Å². The number of aromatic nitrogens is 7. The number of fused-ring (bicyclic) bond motifs is 6. The predicted octanol–water partition coefficient (Wildman–Crippen LogP) is 21.9. The van der Waals surface area contributed by atoms with E-state index in [-0.39, 0.29) is 0 Å². The van der Waals surface area contributed by atoms with Crippen LogP contribution in [0.4, 0.5) is 0 Å². The van der Waals surface area contributed by atoms with E-state index in [9.17, 15) is 0 Å². The lowest BCUT2D eigenvalue weighted by Crippen LogP contribution is -1.87. The largest absolute Gasteiger partial charge is 0.265 e. The Kier molecular flexibility index (Phi) is 14.8. The van der Waals surface area contributed by atoms with Crippen molar-refractivity contribution in [3.8, 4) is 101 Å². The van der Waals surface area contributed by atoms with Crippen LogP contribution in [0.2, 0.25) is 0 Å². The number of nitrogens with zero attached hydrogens (tertiary/aromatic N) is 7. The van der Waals surface area contributed by atoms with Gasteiger partial charge in [-0.2, -0.15) is 15.3 Å². The Bertz CT molecular complexity index is 5250. The fourth-order valence-electron chi connectivity index (χ4n) is 12.4. The fraction of sp³-hybridized carbons (Fsp3) is 0. The van der Waals surface area contributed by atoms with Crippen LogP contribution in [0.1, 0.15) is 0 Å². The van der Waals surface area contributed by atoms with E-state index in [0.717, 1.165) is 50.3 Å². The van der Waals surface area contributed by atoms with Gasteiger partial charge in [0, 0.05) is 63.8 Å². The van der Waals surface area contributed by atoms with E-state index >= 15 is 0 Å². The zero-order valence-electron chi connectivity index (χ0n) is 50.7. The predicted molar refractivity (Wildman–Crippen MR) is 385 cm³/mol. The lowest BCUT2D eigenvalue weighted by molar-refractivity contribution is 0.974. The Morgan fingerprint density at radius 1 is 0.172 bits per heavy atom. The topological polar surface area (TPSA) is 64.8 Å². The molecule has 93 heavy (non-hydrogen) atoms. The van der Waals surface area contributed by atoms with Gasteiger partial charge >= 0.3 is 0 Å². The summed E-state index contributed by atoms with van der Waals surface area (Å²) in [5, 5.41) is 21.7. The van der Waals surface area contributed by atoms with Gasteiger partial charge in [-0.15, -0.1) is 0 Å². The van der Waals surface area contributed by atoms with Gasteiger partial charge in [0.05, 0.1) is 33.6 Å². The van der Waals surface area contributed by atoms with E-state index in [2.05, 4.69) is 327 Å². The normalized spacial score (nSPS) is 11.2. The Morgan fingerprint density at radius 2 is 0.409 bits per heavy atom. The molecule has 7 nitrogen and oxygen atoms in total. The second kappa shape index (κ2) is 24.8. The Morgan fingerprint density at radius 3 is 0.731 bits per heavy atom. The minimum atomic E-state index is 0.979. The van der Waals surface area contributed by atoms with Crippen LogP contribution in [0.5, 0.6) is 0 Å². The summed E-state index contributed by atoms with van der Waals surface area (Å²) in [4.78, 5) is 4.11.